The molecular weight excluding hydrogens is 1190 g/mol. The molecule has 7 atom stereocenters. The fourth-order valence-corrected chi connectivity index (χ4v) is 11.7. The van der Waals surface area contributed by atoms with Gasteiger partial charge in [0.15, 0.2) is 12.2 Å². The average Bonchev–Trinajstić information content (AvgIpc) is 2.93. The Kier molecular flexibility index (Phi) is 59.7. The molecule has 0 aromatic rings. The minimum Gasteiger partial charge on any atom is -0.462 e. The first-order chi connectivity index (χ1) is 43.3. The summed E-state index contributed by atoms with van der Waals surface area (Å²) in [5.74, 6) is 0.0935. The molecule has 530 valence electrons. The largest absolute Gasteiger partial charge is 0.472 e. The molecule has 0 aliphatic rings. The number of aliphatic hydroxyl groups is 1. The fourth-order valence-electron chi connectivity index (χ4n) is 10.1. The number of carbonyl (C=O) groups excluding carboxylic acids is 4. The molecule has 0 aliphatic heterocycles. The number of allylic oxidation sites excluding steroid dienone is 4. The topological polar surface area (TPSA) is 237 Å². The van der Waals surface area contributed by atoms with Gasteiger partial charge in [-0.05, 0) is 69.1 Å². The first-order valence-corrected chi connectivity index (χ1v) is 39.2. The van der Waals surface area contributed by atoms with Crippen LogP contribution in [0.5, 0.6) is 0 Å². The lowest BCUT2D eigenvalue weighted by Gasteiger charge is -2.21. The van der Waals surface area contributed by atoms with Crippen LogP contribution in [-0.4, -0.2) is 96.7 Å². The Balaban J connectivity index is 5.29. The van der Waals surface area contributed by atoms with Crippen LogP contribution in [0.4, 0.5) is 0 Å². The highest BCUT2D eigenvalue weighted by Gasteiger charge is 2.30. The summed E-state index contributed by atoms with van der Waals surface area (Å²) < 4.78 is 68.3. The first-order valence-electron chi connectivity index (χ1n) is 36.2. The van der Waals surface area contributed by atoms with Gasteiger partial charge in [-0.15, -0.1) is 0 Å². The molecule has 90 heavy (non-hydrogen) atoms. The second-order valence-electron chi connectivity index (χ2n) is 25.9. The van der Waals surface area contributed by atoms with Gasteiger partial charge < -0.3 is 33.8 Å². The normalized spacial score (nSPS) is 15.0. The van der Waals surface area contributed by atoms with Crippen molar-refractivity contribution in [2.45, 2.75) is 349 Å². The molecule has 0 aliphatic carbocycles. The maximum atomic E-state index is 13.0. The number of esters is 4. The van der Waals surface area contributed by atoms with E-state index in [2.05, 4.69) is 72.8 Å². The molecule has 0 saturated heterocycles. The van der Waals surface area contributed by atoms with Gasteiger partial charge in [0.1, 0.15) is 19.3 Å². The first kappa shape index (κ1) is 87.5. The van der Waals surface area contributed by atoms with E-state index in [1.54, 1.807) is 0 Å². The lowest BCUT2D eigenvalue weighted by atomic mass is 9.99. The van der Waals surface area contributed by atoms with Crippen molar-refractivity contribution in [2.75, 3.05) is 39.6 Å². The van der Waals surface area contributed by atoms with E-state index >= 15 is 0 Å². The number of carbonyl (C=O) groups is 4. The number of rotatable bonds is 67. The molecule has 17 nitrogen and oxygen atoms in total. The summed E-state index contributed by atoms with van der Waals surface area (Å²) in [7, 11) is -9.92. The van der Waals surface area contributed by atoms with Crippen LogP contribution in [0.25, 0.3) is 0 Å². The van der Waals surface area contributed by atoms with Crippen molar-refractivity contribution in [1.29, 1.82) is 0 Å². The zero-order chi connectivity index (χ0) is 66.6. The van der Waals surface area contributed by atoms with E-state index in [-0.39, 0.29) is 25.7 Å². The summed E-state index contributed by atoms with van der Waals surface area (Å²) in [4.78, 5) is 72.5. The second-order valence-corrected chi connectivity index (χ2v) is 28.8. The maximum absolute atomic E-state index is 13.0. The van der Waals surface area contributed by atoms with E-state index in [4.69, 9.17) is 37.0 Å². The predicted molar refractivity (Wildman–Crippen MR) is 363 cm³/mol. The molecule has 0 heterocycles. The molecule has 0 saturated carbocycles. The number of phosphoric acid groups is 2. The third-order valence-corrected chi connectivity index (χ3v) is 18.4. The molecule has 0 rings (SSSR count). The summed E-state index contributed by atoms with van der Waals surface area (Å²) in [6, 6.07) is 0. The fraction of sp³-hybridized carbons (Fsp3) is 0.887. The average molecular weight is 1320 g/mol. The number of phosphoric ester groups is 2. The van der Waals surface area contributed by atoms with Crippen molar-refractivity contribution < 1.29 is 80.2 Å². The Morgan fingerprint density at radius 3 is 0.989 bits per heavy atom. The number of hydrogen-bond acceptors (Lipinski definition) is 15. The zero-order valence-electron chi connectivity index (χ0n) is 58.1. The van der Waals surface area contributed by atoms with Crippen molar-refractivity contribution >= 4 is 39.5 Å². The molecule has 0 bridgehead atoms. The molecular formula is C71H134O17P2. The van der Waals surface area contributed by atoms with Crippen LogP contribution in [0, 0.1) is 17.8 Å². The van der Waals surface area contributed by atoms with E-state index in [9.17, 15) is 43.2 Å². The van der Waals surface area contributed by atoms with Crippen molar-refractivity contribution in [3.63, 3.8) is 0 Å². The third kappa shape index (κ3) is 61.7. The van der Waals surface area contributed by atoms with Crippen molar-refractivity contribution in [2.24, 2.45) is 17.8 Å². The second kappa shape index (κ2) is 61.4. The van der Waals surface area contributed by atoms with Crippen LogP contribution >= 0.6 is 15.6 Å². The molecule has 0 fully saturated rings. The van der Waals surface area contributed by atoms with Crippen LogP contribution in [-0.2, 0) is 65.4 Å². The van der Waals surface area contributed by atoms with E-state index in [1.807, 2.05) is 0 Å². The Hall–Kier alpha value is -2.46. The molecule has 0 amide bonds. The number of hydrogen-bond donors (Lipinski definition) is 3. The summed E-state index contributed by atoms with van der Waals surface area (Å²) in [5.41, 5.74) is 0. The molecule has 4 unspecified atom stereocenters. The Morgan fingerprint density at radius 1 is 0.367 bits per heavy atom. The Labute approximate surface area is 548 Å². The van der Waals surface area contributed by atoms with Gasteiger partial charge in [0.05, 0.1) is 26.4 Å². The highest BCUT2D eigenvalue weighted by Crippen LogP contribution is 2.45. The summed E-state index contributed by atoms with van der Waals surface area (Å²) in [6.45, 7) is 11.7. The monoisotopic (exact) mass is 1320 g/mol. The van der Waals surface area contributed by atoms with Gasteiger partial charge in [-0.2, -0.15) is 0 Å². The van der Waals surface area contributed by atoms with E-state index in [0.717, 1.165) is 121 Å². The number of aliphatic hydroxyl groups excluding tert-OH is 1. The molecule has 0 radical (unpaired) electrons. The quantitative estimate of drug-likeness (QED) is 0.0169. The van der Waals surface area contributed by atoms with Crippen molar-refractivity contribution in [3.05, 3.63) is 24.3 Å². The lowest BCUT2D eigenvalue weighted by molar-refractivity contribution is -0.161. The summed E-state index contributed by atoms with van der Waals surface area (Å²) in [5, 5.41) is 10.6. The van der Waals surface area contributed by atoms with Crippen LogP contribution in [0.2, 0.25) is 0 Å². The van der Waals surface area contributed by atoms with E-state index < -0.39 is 97.5 Å². The van der Waals surface area contributed by atoms with Gasteiger partial charge >= 0.3 is 39.5 Å². The van der Waals surface area contributed by atoms with Crippen LogP contribution in [0.15, 0.2) is 24.3 Å². The molecule has 0 spiro atoms. The van der Waals surface area contributed by atoms with Crippen LogP contribution in [0.3, 0.4) is 0 Å². The van der Waals surface area contributed by atoms with Crippen molar-refractivity contribution in [1.82, 2.24) is 0 Å². The van der Waals surface area contributed by atoms with Gasteiger partial charge in [-0.1, -0.05) is 278 Å². The third-order valence-electron chi connectivity index (χ3n) is 16.5. The Bertz CT molecular complexity index is 1860. The highest BCUT2D eigenvalue weighted by molar-refractivity contribution is 7.47. The van der Waals surface area contributed by atoms with Gasteiger partial charge in [-0.3, -0.25) is 37.3 Å². The SMILES string of the molecule is CCCCCC/C=C\C=C/CCCCCCCC(=O)O[C@H](COC(=O)CCCCCCCCC(C)CC)COP(=O)(O)OC[C@H](O)COP(=O)(O)OC[C@@H](COC(=O)CCCCCCCCCCCCC(C)CC)OC(=O)CCCCCCCCCCC(C)C. The van der Waals surface area contributed by atoms with Crippen molar-refractivity contribution in [3.8, 4) is 0 Å². The lowest BCUT2D eigenvalue weighted by Crippen LogP contribution is -2.30. The summed E-state index contributed by atoms with van der Waals surface area (Å²) >= 11 is 0. The molecule has 19 heteroatoms. The molecule has 0 aromatic carbocycles. The van der Waals surface area contributed by atoms with Gasteiger partial charge in [0.2, 0.25) is 0 Å². The van der Waals surface area contributed by atoms with E-state index in [0.29, 0.717) is 31.6 Å². The van der Waals surface area contributed by atoms with E-state index in [1.165, 1.54) is 122 Å². The minimum atomic E-state index is -4.96. The standard InChI is InChI=1S/C71H134O17P2/c1-8-11-12-13-14-15-16-17-18-19-20-25-31-40-47-54-70(75)87-67(59-82-69(74)53-46-39-34-33-37-44-51-64(7)10-3)61-86-90(79,80)84-57-65(72)56-83-89(77,78)85-60-66(88-71(76)55-48-41-32-27-26-28-35-42-49-62(4)5)58-81-68(73)52-45-38-30-24-22-21-23-29-36-43-50-63(6)9-2/h15-18,62-67,72H,8-14,19-61H2,1-7H3,(H,77,78)(H,79,80)/b16-15-,18-17-/t63?,64?,65-,66-,67-/m1/s1. The van der Waals surface area contributed by atoms with Gasteiger partial charge in [0, 0.05) is 25.7 Å². The molecule has 3 N–H and O–H groups in total. The predicted octanol–water partition coefficient (Wildman–Crippen LogP) is 19.8. The van der Waals surface area contributed by atoms with Gasteiger partial charge in [-0.25, -0.2) is 9.13 Å². The minimum absolute atomic E-state index is 0.0836. The Morgan fingerprint density at radius 2 is 0.656 bits per heavy atom. The van der Waals surface area contributed by atoms with Gasteiger partial charge in [0.25, 0.3) is 0 Å². The molecule has 0 aromatic heterocycles. The van der Waals surface area contributed by atoms with Crippen LogP contribution < -0.4 is 0 Å². The summed E-state index contributed by atoms with van der Waals surface area (Å²) in [6.07, 6.45) is 48.0. The highest BCUT2D eigenvalue weighted by atomic mass is 31.2. The maximum Gasteiger partial charge on any atom is 0.472 e. The van der Waals surface area contributed by atoms with Crippen LogP contribution in [0.1, 0.15) is 331 Å². The zero-order valence-corrected chi connectivity index (χ0v) is 59.9. The smallest absolute Gasteiger partial charge is 0.462 e. The number of unbranched alkanes of at least 4 members (excludes halogenated alkanes) is 30. The number of ether oxygens (including phenoxy) is 4.